The van der Waals surface area contributed by atoms with E-state index >= 15 is 0 Å². The fraction of sp³-hybridized carbons (Fsp3) is 0.333. The number of halogens is 1. The van der Waals surface area contributed by atoms with E-state index in [1.54, 1.807) is 22.1 Å². The van der Waals surface area contributed by atoms with Gasteiger partial charge in [0.15, 0.2) is 0 Å². The van der Waals surface area contributed by atoms with Crippen molar-refractivity contribution < 1.29 is 19.0 Å². The third kappa shape index (κ3) is 3.94. The Morgan fingerprint density at radius 1 is 1.26 bits per heavy atom. The molecule has 1 aromatic carbocycles. The molecule has 0 saturated heterocycles. The molecule has 0 spiro atoms. The zero-order chi connectivity index (χ0) is 17.0. The van der Waals surface area contributed by atoms with Crippen molar-refractivity contribution in [3.63, 3.8) is 0 Å². The van der Waals surface area contributed by atoms with Crippen LogP contribution in [0.4, 0.5) is 0 Å². The van der Waals surface area contributed by atoms with Crippen LogP contribution in [0.5, 0.6) is 11.5 Å². The number of aromatic nitrogens is 1. The van der Waals surface area contributed by atoms with E-state index in [0.29, 0.717) is 28.1 Å². The fourth-order valence-corrected chi connectivity index (χ4v) is 3.29. The van der Waals surface area contributed by atoms with Crippen LogP contribution >= 0.6 is 27.3 Å². The highest BCUT2D eigenvalue weighted by molar-refractivity contribution is 9.10. The number of thiazole rings is 1. The lowest BCUT2D eigenvalue weighted by atomic mass is 10.2. The monoisotopic (exact) mass is 401 g/mol. The molecule has 1 heterocycles. The number of aryl methyl sites for hydroxylation is 1. The second kappa shape index (κ2) is 7.65. The average Bonchev–Trinajstić information content (AvgIpc) is 2.86. The Bertz CT molecular complexity index is 742. The van der Waals surface area contributed by atoms with Gasteiger partial charge in [-0.25, -0.2) is 4.79 Å². The maximum Gasteiger partial charge on any atom is 0.338 e. The molecule has 0 unspecified atom stereocenters. The summed E-state index contributed by atoms with van der Waals surface area (Å²) >= 11 is 4.47. The number of nitrogens with zero attached hydrogens (tertiary/aromatic N) is 1. The first-order valence-electron chi connectivity index (χ1n) is 6.71. The van der Waals surface area contributed by atoms with E-state index in [9.17, 15) is 9.59 Å². The van der Waals surface area contributed by atoms with E-state index < -0.39 is 5.97 Å². The van der Waals surface area contributed by atoms with Gasteiger partial charge in [0.2, 0.25) is 0 Å². The number of hydrogen-bond donors (Lipinski definition) is 0. The number of rotatable bonds is 6. The minimum Gasteiger partial charge on any atom is -0.495 e. The Labute approximate surface area is 145 Å². The molecule has 0 amide bonds. The second-order valence-corrected chi connectivity index (χ2v) is 6.24. The summed E-state index contributed by atoms with van der Waals surface area (Å²) in [6, 6.07) is 3.13. The maximum absolute atomic E-state index is 12.2. The smallest absolute Gasteiger partial charge is 0.338 e. The SMILES string of the molecule is COc1cc(C(=O)OCCn2c(C)csc2=O)cc(OC)c1Br. The second-order valence-electron chi connectivity index (χ2n) is 4.63. The van der Waals surface area contributed by atoms with Crippen molar-refractivity contribution in [3.8, 4) is 11.5 Å². The molecule has 0 aliphatic heterocycles. The van der Waals surface area contributed by atoms with Gasteiger partial charge in [-0.1, -0.05) is 11.3 Å². The first-order chi connectivity index (χ1) is 11.0. The first kappa shape index (κ1) is 17.6. The van der Waals surface area contributed by atoms with Gasteiger partial charge in [-0.05, 0) is 35.0 Å². The predicted octanol–water partition coefficient (Wildman–Crippen LogP) is 2.85. The summed E-state index contributed by atoms with van der Waals surface area (Å²) < 4.78 is 17.8. The zero-order valence-corrected chi connectivity index (χ0v) is 15.3. The van der Waals surface area contributed by atoms with Gasteiger partial charge in [-0.2, -0.15) is 0 Å². The summed E-state index contributed by atoms with van der Waals surface area (Å²) in [5.74, 6) is 0.442. The summed E-state index contributed by atoms with van der Waals surface area (Å²) in [4.78, 5) is 23.7. The van der Waals surface area contributed by atoms with Crippen molar-refractivity contribution in [1.82, 2.24) is 4.57 Å². The maximum atomic E-state index is 12.2. The van der Waals surface area contributed by atoms with Gasteiger partial charge in [-0.3, -0.25) is 9.36 Å². The molecule has 6 nitrogen and oxygen atoms in total. The minimum absolute atomic E-state index is 0.0643. The molecule has 0 aliphatic carbocycles. The molecule has 0 aliphatic rings. The van der Waals surface area contributed by atoms with E-state index in [1.165, 1.54) is 14.2 Å². The highest BCUT2D eigenvalue weighted by Crippen LogP contribution is 2.35. The number of methoxy groups -OCH3 is 2. The summed E-state index contributed by atoms with van der Waals surface area (Å²) in [6.45, 7) is 2.27. The van der Waals surface area contributed by atoms with Crippen LogP contribution < -0.4 is 14.3 Å². The highest BCUT2D eigenvalue weighted by Gasteiger charge is 2.16. The number of ether oxygens (including phenoxy) is 3. The van der Waals surface area contributed by atoms with Crippen LogP contribution in [0.3, 0.4) is 0 Å². The van der Waals surface area contributed by atoms with Crippen LogP contribution in [0.2, 0.25) is 0 Å². The normalized spacial score (nSPS) is 10.4. The Balaban J connectivity index is 2.07. The average molecular weight is 402 g/mol. The molecule has 0 radical (unpaired) electrons. The van der Waals surface area contributed by atoms with Crippen molar-refractivity contribution in [2.24, 2.45) is 0 Å². The van der Waals surface area contributed by atoms with Crippen LogP contribution in [0, 0.1) is 6.92 Å². The molecule has 0 saturated carbocycles. The molecule has 23 heavy (non-hydrogen) atoms. The van der Waals surface area contributed by atoms with Gasteiger partial charge in [0, 0.05) is 11.1 Å². The third-order valence-electron chi connectivity index (χ3n) is 3.21. The van der Waals surface area contributed by atoms with Gasteiger partial charge in [0.05, 0.1) is 26.3 Å². The molecule has 124 valence electrons. The number of benzene rings is 1. The Morgan fingerprint density at radius 2 is 1.87 bits per heavy atom. The van der Waals surface area contributed by atoms with Crippen molar-refractivity contribution in [2.75, 3.05) is 20.8 Å². The van der Waals surface area contributed by atoms with E-state index in [4.69, 9.17) is 14.2 Å². The van der Waals surface area contributed by atoms with E-state index in [-0.39, 0.29) is 11.5 Å². The molecule has 0 N–H and O–H groups in total. The van der Waals surface area contributed by atoms with Gasteiger partial charge in [-0.15, -0.1) is 0 Å². The van der Waals surface area contributed by atoms with E-state index in [1.807, 2.05) is 6.92 Å². The zero-order valence-electron chi connectivity index (χ0n) is 12.9. The Hall–Kier alpha value is -1.80. The Morgan fingerprint density at radius 3 is 2.35 bits per heavy atom. The van der Waals surface area contributed by atoms with E-state index in [2.05, 4.69) is 15.9 Å². The molecular formula is C15H16BrNO5S. The standard InChI is InChI=1S/C15H16BrNO5S/c1-9-8-23-15(19)17(9)4-5-22-14(18)10-6-11(20-2)13(16)12(7-10)21-3/h6-8H,4-5H2,1-3H3. The predicted molar refractivity (Wildman–Crippen MR) is 90.8 cm³/mol. The lowest BCUT2D eigenvalue weighted by Crippen LogP contribution is -2.19. The Kier molecular flexibility index (Phi) is 5.84. The summed E-state index contributed by atoms with van der Waals surface area (Å²) in [5.41, 5.74) is 1.17. The van der Waals surface area contributed by atoms with Crippen molar-refractivity contribution in [2.45, 2.75) is 13.5 Å². The van der Waals surface area contributed by atoms with Crippen LogP contribution in [-0.4, -0.2) is 31.4 Å². The molecule has 0 bridgehead atoms. The lowest BCUT2D eigenvalue weighted by molar-refractivity contribution is 0.0489. The number of carbonyl (C=O) groups is 1. The van der Waals surface area contributed by atoms with Crippen molar-refractivity contribution in [1.29, 1.82) is 0 Å². The van der Waals surface area contributed by atoms with Crippen molar-refractivity contribution in [3.05, 3.63) is 42.9 Å². The first-order valence-corrected chi connectivity index (χ1v) is 8.38. The summed E-state index contributed by atoms with van der Waals surface area (Å²) in [6.07, 6.45) is 0. The molecule has 0 atom stereocenters. The molecule has 0 fully saturated rings. The molecule has 2 rings (SSSR count). The van der Waals surface area contributed by atoms with E-state index in [0.717, 1.165) is 17.0 Å². The van der Waals surface area contributed by atoms with Crippen LogP contribution in [0.1, 0.15) is 16.1 Å². The topological polar surface area (TPSA) is 66.8 Å². The van der Waals surface area contributed by atoms with Crippen molar-refractivity contribution >= 4 is 33.2 Å². The van der Waals surface area contributed by atoms with Gasteiger partial charge in [0.25, 0.3) is 0 Å². The fourth-order valence-electron chi connectivity index (χ4n) is 1.97. The highest BCUT2D eigenvalue weighted by atomic mass is 79.9. The van der Waals surface area contributed by atoms with Gasteiger partial charge >= 0.3 is 10.8 Å². The van der Waals surface area contributed by atoms with Crippen LogP contribution in [-0.2, 0) is 11.3 Å². The summed E-state index contributed by atoms with van der Waals surface area (Å²) in [7, 11) is 3.00. The van der Waals surface area contributed by atoms with Gasteiger partial charge < -0.3 is 14.2 Å². The lowest BCUT2D eigenvalue weighted by Gasteiger charge is -2.11. The quantitative estimate of drug-likeness (QED) is 0.696. The number of carbonyl (C=O) groups excluding carboxylic acids is 1. The minimum atomic E-state index is -0.505. The largest absolute Gasteiger partial charge is 0.495 e. The number of hydrogen-bond acceptors (Lipinski definition) is 6. The molecular weight excluding hydrogens is 386 g/mol. The van der Waals surface area contributed by atoms with Crippen LogP contribution in [0.15, 0.2) is 26.8 Å². The van der Waals surface area contributed by atoms with Gasteiger partial charge in [0.1, 0.15) is 22.6 Å². The molecule has 8 heteroatoms. The van der Waals surface area contributed by atoms with Crippen LogP contribution in [0.25, 0.3) is 0 Å². The summed E-state index contributed by atoms with van der Waals surface area (Å²) in [5, 5.41) is 1.77. The molecule has 2 aromatic rings. The molecule has 1 aromatic heterocycles. The number of esters is 1. The third-order valence-corrected chi connectivity index (χ3v) is 4.87.